The third-order valence-electron chi connectivity index (χ3n) is 6.63. The first-order valence-corrected chi connectivity index (χ1v) is 13.3. The summed E-state index contributed by atoms with van der Waals surface area (Å²) in [5, 5.41) is 4.42. The summed E-state index contributed by atoms with van der Waals surface area (Å²) in [5.74, 6) is 1.14. The first kappa shape index (κ1) is 25.7. The van der Waals surface area contributed by atoms with Gasteiger partial charge in [0, 0.05) is 30.4 Å². The highest BCUT2D eigenvalue weighted by atomic mass is 35.5. The third kappa shape index (κ3) is 7.07. The number of hydrogen-bond acceptors (Lipinski definition) is 3. The van der Waals surface area contributed by atoms with Crippen molar-refractivity contribution in [2.75, 3.05) is 26.2 Å². The molecule has 4 nitrogen and oxygen atoms in total. The molecule has 1 N–H and O–H groups in total. The van der Waals surface area contributed by atoms with Crippen LogP contribution in [0.1, 0.15) is 54.4 Å². The zero-order chi connectivity index (χ0) is 24.6. The Morgan fingerprint density at radius 2 is 1.86 bits per heavy atom. The van der Waals surface area contributed by atoms with Gasteiger partial charge in [-0.3, -0.25) is 9.78 Å². The van der Waals surface area contributed by atoms with Crippen molar-refractivity contribution in [2.45, 2.75) is 38.5 Å². The number of rotatable bonds is 12. The molecular formula is C29H33Cl2N3O. The second kappa shape index (κ2) is 12.5. The molecule has 0 spiro atoms. The summed E-state index contributed by atoms with van der Waals surface area (Å²) in [6, 6.07) is 19.4. The zero-order valence-electron chi connectivity index (χ0n) is 20.2. The molecule has 3 aromatic rings. The first-order valence-electron chi connectivity index (χ1n) is 12.5. The normalized spacial score (nSPS) is 16.9. The molecule has 6 heteroatoms. The van der Waals surface area contributed by atoms with E-state index >= 15 is 0 Å². The van der Waals surface area contributed by atoms with Gasteiger partial charge in [-0.15, -0.1) is 0 Å². The van der Waals surface area contributed by atoms with Crippen LogP contribution in [0.25, 0.3) is 11.3 Å². The molecule has 0 bridgehead atoms. The number of carbonyl (C=O) groups is 1. The maximum Gasteiger partial charge on any atom is 0.251 e. The maximum absolute atomic E-state index is 12.5. The number of halogens is 2. The van der Waals surface area contributed by atoms with Crippen molar-refractivity contribution in [3.63, 3.8) is 0 Å². The minimum atomic E-state index is -0.0257. The fraction of sp³-hybridized carbons (Fsp3) is 0.379. The lowest BCUT2D eigenvalue weighted by Gasteiger charge is -2.22. The van der Waals surface area contributed by atoms with Crippen molar-refractivity contribution >= 4 is 29.1 Å². The van der Waals surface area contributed by atoms with Gasteiger partial charge >= 0.3 is 0 Å². The van der Waals surface area contributed by atoms with Gasteiger partial charge in [0.2, 0.25) is 0 Å². The fourth-order valence-corrected chi connectivity index (χ4v) is 5.12. The average Bonchev–Trinajstić information content (AvgIpc) is 3.64. The lowest BCUT2D eigenvalue weighted by Crippen LogP contribution is -2.29. The molecule has 1 aliphatic rings. The third-order valence-corrected chi connectivity index (χ3v) is 7.46. The summed E-state index contributed by atoms with van der Waals surface area (Å²) >= 11 is 12.6. The molecule has 35 heavy (non-hydrogen) atoms. The number of benzene rings is 2. The van der Waals surface area contributed by atoms with E-state index in [1.54, 1.807) is 6.20 Å². The predicted molar refractivity (Wildman–Crippen MR) is 145 cm³/mol. The summed E-state index contributed by atoms with van der Waals surface area (Å²) in [5.41, 5.74) is 3.78. The second-order valence-electron chi connectivity index (χ2n) is 9.30. The molecule has 2 unspecified atom stereocenters. The highest BCUT2D eigenvalue weighted by Gasteiger charge is 2.40. The van der Waals surface area contributed by atoms with Crippen molar-refractivity contribution in [3.8, 4) is 11.3 Å². The standard InChI is InChI=1S/C29H33Cl2N3O/c1-2-17-34(20-23-19-25(23)24-8-7-9-26(30)28(24)31)18-6-5-16-33-29(35)22-13-11-21(12-14-22)27-10-3-4-15-32-27/h3-4,7-15,23,25H,2,5-6,16-20H2,1H3,(H,33,35). The number of unbranched alkanes of at least 4 members (excludes halogenated alkanes) is 1. The Hall–Kier alpha value is -2.40. The topological polar surface area (TPSA) is 45.2 Å². The van der Waals surface area contributed by atoms with Crippen LogP contribution in [-0.4, -0.2) is 42.0 Å². The Morgan fingerprint density at radius 1 is 1.03 bits per heavy atom. The van der Waals surface area contributed by atoms with E-state index in [9.17, 15) is 4.79 Å². The van der Waals surface area contributed by atoms with Gasteiger partial charge < -0.3 is 10.2 Å². The van der Waals surface area contributed by atoms with E-state index in [4.69, 9.17) is 23.2 Å². The lowest BCUT2D eigenvalue weighted by atomic mass is 10.1. The van der Waals surface area contributed by atoms with Crippen LogP contribution >= 0.6 is 23.2 Å². The van der Waals surface area contributed by atoms with Gasteiger partial charge in [0.25, 0.3) is 5.91 Å². The van der Waals surface area contributed by atoms with Gasteiger partial charge in [0.1, 0.15) is 0 Å². The van der Waals surface area contributed by atoms with Gasteiger partial charge in [-0.2, -0.15) is 0 Å². The smallest absolute Gasteiger partial charge is 0.251 e. The Bertz CT molecular complexity index is 1100. The molecular weight excluding hydrogens is 477 g/mol. The molecule has 1 aromatic heterocycles. The molecule has 1 heterocycles. The van der Waals surface area contributed by atoms with Crippen molar-refractivity contribution in [2.24, 2.45) is 5.92 Å². The summed E-state index contributed by atoms with van der Waals surface area (Å²) < 4.78 is 0. The fourth-order valence-electron chi connectivity index (χ4n) is 4.67. The van der Waals surface area contributed by atoms with Gasteiger partial charge in [0.05, 0.1) is 15.7 Å². The molecule has 1 aliphatic carbocycles. The summed E-state index contributed by atoms with van der Waals surface area (Å²) in [4.78, 5) is 19.4. The van der Waals surface area contributed by atoms with Crippen LogP contribution in [0.2, 0.25) is 10.0 Å². The van der Waals surface area contributed by atoms with E-state index in [1.807, 2.05) is 54.6 Å². The molecule has 1 amide bonds. The van der Waals surface area contributed by atoms with Gasteiger partial charge in [-0.05, 0) is 86.5 Å². The highest BCUT2D eigenvalue weighted by Crippen LogP contribution is 2.50. The second-order valence-corrected chi connectivity index (χ2v) is 10.1. The molecule has 2 aromatic carbocycles. The number of nitrogens with one attached hydrogen (secondary N) is 1. The number of pyridine rings is 1. The Morgan fingerprint density at radius 3 is 2.60 bits per heavy atom. The molecule has 1 saturated carbocycles. The van der Waals surface area contributed by atoms with E-state index in [0.29, 0.717) is 34.0 Å². The minimum absolute atomic E-state index is 0.0257. The molecule has 1 fully saturated rings. The molecule has 0 aliphatic heterocycles. The van der Waals surface area contributed by atoms with Crippen molar-refractivity contribution < 1.29 is 4.79 Å². The van der Waals surface area contributed by atoms with Gasteiger partial charge in [0.15, 0.2) is 0 Å². The molecule has 0 saturated heterocycles. The maximum atomic E-state index is 12.5. The number of carbonyl (C=O) groups excluding carboxylic acids is 1. The van der Waals surface area contributed by atoms with Crippen LogP contribution in [0, 0.1) is 5.92 Å². The van der Waals surface area contributed by atoms with E-state index in [2.05, 4.69) is 28.2 Å². The van der Waals surface area contributed by atoms with Crippen LogP contribution in [-0.2, 0) is 0 Å². The van der Waals surface area contributed by atoms with Crippen LogP contribution in [0.15, 0.2) is 66.9 Å². The molecule has 2 atom stereocenters. The summed E-state index contributed by atoms with van der Waals surface area (Å²) in [6.45, 7) is 6.16. The SMILES string of the molecule is CCCN(CCCCNC(=O)c1ccc(-c2ccccn2)cc1)CC1CC1c1cccc(Cl)c1Cl. The van der Waals surface area contributed by atoms with Crippen molar-refractivity contribution in [1.82, 2.24) is 15.2 Å². The van der Waals surface area contributed by atoms with E-state index in [-0.39, 0.29) is 5.91 Å². The Balaban J connectivity index is 1.17. The highest BCUT2D eigenvalue weighted by molar-refractivity contribution is 6.42. The summed E-state index contributed by atoms with van der Waals surface area (Å²) in [6.07, 6.45) is 6.12. The largest absolute Gasteiger partial charge is 0.352 e. The van der Waals surface area contributed by atoms with E-state index in [0.717, 1.165) is 50.2 Å². The van der Waals surface area contributed by atoms with Crippen LogP contribution in [0.5, 0.6) is 0 Å². The van der Waals surface area contributed by atoms with Crippen molar-refractivity contribution in [3.05, 3.63) is 88.0 Å². The average molecular weight is 511 g/mol. The summed E-state index contributed by atoms with van der Waals surface area (Å²) in [7, 11) is 0. The monoisotopic (exact) mass is 509 g/mol. The number of amides is 1. The van der Waals surface area contributed by atoms with Crippen LogP contribution in [0.3, 0.4) is 0 Å². The number of hydrogen-bond donors (Lipinski definition) is 1. The zero-order valence-corrected chi connectivity index (χ0v) is 21.7. The van der Waals surface area contributed by atoms with Crippen LogP contribution < -0.4 is 5.32 Å². The molecule has 0 radical (unpaired) electrons. The van der Waals surface area contributed by atoms with Crippen molar-refractivity contribution in [1.29, 1.82) is 0 Å². The van der Waals surface area contributed by atoms with Crippen LogP contribution in [0.4, 0.5) is 0 Å². The van der Waals surface area contributed by atoms with Gasteiger partial charge in [-0.1, -0.05) is 60.5 Å². The Kier molecular flexibility index (Phi) is 9.19. The minimum Gasteiger partial charge on any atom is -0.352 e. The van der Waals surface area contributed by atoms with Gasteiger partial charge in [-0.25, -0.2) is 0 Å². The predicted octanol–water partition coefficient (Wildman–Crippen LogP) is 7.08. The Labute approximate surface area is 218 Å². The first-order chi connectivity index (χ1) is 17.1. The molecule has 184 valence electrons. The van der Waals surface area contributed by atoms with E-state index < -0.39 is 0 Å². The molecule has 4 rings (SSSR count). The lowest BCUT2D eigenvalue weighted by molar-refractivity contribution is 0.0952. The quantitative estimate of drug-likeness (QED) is 0.265. The van der Waals surface area contributed by atoms with E-state index in [1.165, 1.54) is 12.0 Å². The number of nitrogens with zero attached hydrogens (tertiary/aromatic N) is 2. The number of aromatic nitrogens is 1.